The minimum absolute atomic E-state index is 0.192. The number of aromatic nitrogens is 2. The average Bonchev–Trinajstić information content (AvgIpc) is 2.37. The number of alkyl halides is 3. The molecule has 1 aromatic heterocycles. The molecule has 0 radical (unpaired) electrons. The Bertz CT molecular complexity index is 620. The number of hydrogen-bond acceptors (Lipinski definition) is 4. The van der Waals surface area contributed by atoms with Crippen LogP contribution in [0.2, 0.25) is 5.28 Å². The molecule has 0 aliphatic carbocycles. The van der Waals surface area contributed by atoms with E-state index in [1.165, 1.54) is 6.07 Å². The van der Waals surface area contributed by atoms with Gasteiger partial charge in [-0.15, -0.1) is 0 Å². The lowest BCUT2D eigenvalue weighted by atomic mass is 10.2. The van der Waals surface area contributed by atoms with Crippen molar-refractivity contribution in [2.45, 2.75) is 12.8 Å². The number of aliphatic hydroxyl groups excluding tert-OH is 1. The van der Waals surface area contributed by atoms with E-state index in [1.54, 1.807) is 18.2 Å². The molecule has 0 bridgehead atoms. The van der Waals surface area contributed by atoms with Gasteiger partial charge in [-0.3, -0.25) is 0 Å². The van der Waals surface area contributed by atoms with Crippen molar-refractivity contribution in [1.82, 2.24) is 9.97 Å². The van der Waals surface area contributed by atoms with Crippen LogP contribution in [-0.2, 0) is 12.8 Å². The molecule has 0 unspecified atom stereocenters. The largest absolute Gasteiger partial charge is 0.438 e. The Morgan fingerprint density at radius 2 is 1.90 bits per heavy atom. The fourth-order valence-corrected chi connectivity index (χ4v) is 1.62. The van der Waals surface area contributed by atoms with Gasteiger partial charge < -0.3 is 9.84 Å². The van der Waals surface area contributed by atoms with Gasteiger partial charge in [-0.05, 0) is 17.7 Å². The van der Waals surface area contributed by atoms with Gasteiger partial charge in [0, 0.05) is 11.6 Å². The van der Waals surface area contributed by atoms with E-state index in [9.17, 15) is 13.2 Å². The number of nitrogens with zero attached hydrogens (tertiary/aromatic N) is 2. The Morgan fingerprint density at radius 1 is 1.20 bits per heavy atom. The molecule has 0 fully saturated rings. The standard InChI is InChI=1S/C12H8ClF3N2O2/c13-11-17-9(12(14,15)16)5-10(18-11)20-8-4-2-1-3-7(8)6-19/h1-5,19H,6H2. The Hall–Kier alpha value is -1.86. The molecule has 1 heterocycles. The van der Waals surface area contributed by atoms with Gasteiger partial charge >= 0.3 is 6.18 Å². The van der Waals surface area contributed by atoms with Crippen molar-refractivity contribution in [2.24, 2.45) is 0 Å². The van der Waals surface area contributed by atoms with Crippen molar-refractivity contribution >= 4 is 11.6 Å². The number of aliphatic hydroxyl groups is 1. The van der Waals surface area contributed by atoms with Gasteiger partial charge in [-0.25, -0.2) is 4.98 Å². The van der Waals surface area contributed by atoms with Crippen LogP contribution in [0.3, 0.4) is 0 Å². The third-order valence-electron chi connectivity index (χ3n) is 2.32. The van der Waals surface area contributed by atoms with Gasteiger partial charge in [0.1, 0.15) is 5.75 Å². The zero-order valence-corrected chi connectivity index (χ0v) is 10.6. The maximum atomic E-state index is 12.6. The molecule has 8 heteroatoms. The Balaban J connectivity index is 2.36. The number of hydrogen-bond donors (Lipinski definition) is 1. The lowest BCUT2D eigenvalue weighted by molar-refractivity contribution is -0.141. The molecule has 4 nitrogen and oxygen atoms in total. The lowest BCUT2D eigenvalue weighted by Crippen LogP contribution is -2.09. The summed E-state index contributed by atoms with van der Waals surface area (Å²) in [4.78, 5) is 6.66. The second-order valence-electron chi connectivity index (χ2n) is 3.73. The molecule has 1 aromatic carbocycles. The van der Waals surface area contributed by atoms with Crippen LogP contribution in [0.25, 0.3) is 0 Å². The molecule has 0 saturated carbocycles. The summed E-state index contributed by atoms with van der Waals surface area (Å²) in [5, 5.41) is 8.54. The smallest absolute Gasteiger partial charge is 0.433 e. The fraction of sp³-hybridized carbons (Fsp3) is 0.167. The number of para-hydroxylation sites is 1. The molecule has 0 aliphatic heterocycles. The number of rotatable bonds is 3. The Morgan fingerprint density at radius 3 is 2.55 bits per heavy atom. The molecule has 1 N–H and O–H groups in total. The monoisotopic (exact) mass is 304 g/mol. The second-order valence-corrected chi connectivity index (χ2v) is 4.06. The molecular weight excluding hydrogens is 297 g/mol. The molecule has 2 aromatic rings. The van der Waals surface area contributed by atoms with Gasteiger partial charge in [0.2, 0.25) is 11.2 Å². The summed E-state index contributed by atoms with van der Waals surface area (Å²) in [5.41, 5.74) is -0.787. The molecule has 0 spiro atoms. The highest BCUT2D eigenvalue weighted by Crippen LogP contribution is 2.32. The molecule has 106 valence electrons. The minimum atomic E-state index is -4.65. The van der Waals surface area contributed by atoms with Crippen molar-refractivity contribution < 1.29 is 23.0 Å². The van der Waals surface area contributed by atoms with Crippen LogP contribution in [0.15, 0.2) is 30.3 Å². The first kappa shape index (κ1) is 14.5. The third kappa shape index (κ3) is 3.37. The van der Waals surface area contributed by atoms with Gasteiger partial charge in [-0.2, -0.15) is 18.2 Å². The van der Waals surface area contributed by atoms with Crippen molar-refractivity contribution in [2.75, 3.05) is 0 Å². The molecule has 0 aliphatic rings. The van der Waals surface area contributed by atoms with E-state index in [1.807, 2.05) is 0 Å². The molecule has 0 amide bonds. The molecular formula is C12H8ClF3N2O2. The average molecular weight is 305 g/mol. The quantitative estimate of drug-likeness (QED) is 0.883. The zero-order chi connectivity index (χ0) is 14.8. The maximum Gasteiger partial charge on any atom is 0.433 e. The van der Waals surface area contributed by atoms with E-state index in [0.717, 1.165) is 0 Å². The first-order valence-electron chi connectivity index (χ1n) is 5.38. The zero-order valence-electron chi connectivity index (χ0n) is 9.86. The summed E-state index contributed by atoms with van der Waals surface area (Å²) in [6.07, 6.45) is -4.65. The topological polar surface area (TPSA) is 55.2 Å². The summed E-state index contributed by atoms with van der Waals surface area (Å²) in [7, 11) is 0. The summed E-state index contributed by atoms with van der Waals surface area (Å²) >= 11 is 5.44. The van der Waals surface area contributed by atoms with Crippen molar-refractivity contribution in [3.63, 3.8) is 0 Å². The number of benzene rings is 1. The highest BCUT2D eigenvalue weighted by atomic mass is 35.5. The molecule has 0 saturated heterocycles. The predicted molar refractivity (Wildman–Crippen MR) is 64.5 cm³/mol. The number of ether oxygens (including phenoxy) is 1. The van der Waals surface area contributed by atoms with E-state index < -0.39 is 17.2 Å². The van der Waals surface area contributed by atoms with E-state index in [2.05, 4.69) is 9.97 Å². The van der Waals surface area contributed by atoms with Crippen molar-refractivity contribution in [3.8, 4) is 11.6 Å². The van der Waals surface area contributed by atoms with Crippen LogP contribution in [0.1, 0.15) is 11.3 Å². The Kier molecular flexibility index (Phi) is 4.10. The van der Waals surface area contributed by atoms with Crippen LogP contribution < -0.4 is 4.74 Å². The molecule has 0 atom stereocenters. The second kappa shape index (κ2) is 5.64. The summed E-state index contributed by atoms with van der Waals surface area (Å²) < 4.78 is 43.0. The highest BCUT2D eigenvalue weighted by Gasteiger charge is 2.34. The fourth-order valence-electron chi connectivity index (χ4n) is 1.44. The molecule has 2 rings (SSSR count). The predicted octanol–water partition coefficient (Wildman–Crippen LogP) is 3.43. The van der Waals surface area contributed by atoms with Crippen LogP contribution in [0.5, 0.6) is 11.6 Å². The van der Waals surface area contributed by atoms with Gasteiger partial charge in [-0.1, -0.05) is 18.2 Å². The lowest BCUT2D eigenvalue weighted by Gasteiger charge is -2.11. The van der Waals surface area contributed by atoms with E-state index >= 15 is 0 Å². The van der Waals surface area contributed by atoms with Crippen molar-refractivity contribution in [1.29, 1.82) is 0 Å². The Labute approximate surface area is 116 Å². The first-order valence-corrected chi connectivity index (χ1v) is 5.76. The SMILES string of the molecule is OCc1ccccc1Oc1cc(C(F)(F)F)nc(Cl)n1. The van der Waals surface area contributed by atoms with Crippen molar-refractivity contribution in [3.05, 3.63) is 46.9 Å². The summed E-state index contributed by atoms with van der Waals surface area (Å²) in [6.45, 7) is -0.318. The van der Waals surface area contributed by atoms with Crippen LogP contribution in [-0.4, -0.2) is 15.1 Å². The van der Waals surface area contributed by atoms with Gasteiger partial charge in [0.05, 0.1) is 6.61 Å². The van der Waals surface area contributed by atoms with Crippen LogP contribution in [0, 0.1) is 0 Å². The maximum absolute atomic E-state index is 12.6. The summed E-state index contributed by atoms with van der Waals surface area (Å²) in [6, 6.07) is 6.98. The van der Waals surface area contributed by atoms with Crippen LogP contribution >= 0.6 is 11.6 Å². The molecule has 20 heavy (non-hydrogen) atoms. The van der Waals surface area contributed by atoms with E-state index in [4.69, 9.17) is 21.4 Å². The van der Waals surface area contributed by atoms with Gasteiger partial charge in [0.25, 0.3) is 0 Å². The minimum Gasteiger partial charge on any atom is -0.438 e. The van der Waals surface area contributed by atoms with Crippen LogP contribution in [0.4, 0.5) is 13.2 Å². The highest BCUT2D eigenvalue weighted by molar-refractivity contribution is 6.28. The van der Waals surface area contributed by atoms with E-state index in [-0.39, 0.29) is 18.2 Å². The summed E-state index contributed by atoms with van der Waals surface area (Å²) in [5.74, 6) is -0.156. The number of halogens is 4. The third-order valence-corrected chi connectivity index (χ3v) is 2.49. The van der Waals surface area contributed by atoms with E-state index in [0.29, 0.717) is 11.6 Å². The first-order chi connectivity index (χ1) is 9.40. The van der Waals surface area contributed by atoms with Gasteiger partial charge in [0.15, 0.2) is 5.69 Å². The normalized spacial score (nSPS) is 11.4.